The fraction of sp³-hybridized carbons (Fsp3) is 0.348. The lowest BCUT2D eigenvalue weighted by Gasteiger charge is -2.19. The van der Waals surface area contributed by atoms with Crippen molar-refractivity contribution in [1.82, 2.24) is 5.32 Å². The number of rotatable bonds is 8. The second kappa shape index (κ2) is 11.5. The first-order chi connectivity index (χ1) is 14.6. The topological polar surface area (TPSA) is 96.5 Å². The number of aryl methyl sites for hydroxylation is 1. The fourth-order valence-electron chi connectivity index (χ4n) is 2.67. The van der Waals surface area contributed by atoms with Crippen LogP contribution in [0.15, 0.2) is 53.0 Å². The van der Waals surface area contributed by atoms with Gasteiger partial charge >= 0.3 is 6.09 Å². The summed E-state index contributed by atoms with van der Waals surface area (Å²) >= 11 is 3.42. The van der Waals surface area contributed by atoms with E-state index in [9.17, 15) is 14.4 Å². The van der Waals surface area contributed by atoms with Gasteiger partial charge in [-0.3, -0.25) is 9.59 Å². The second-order valence-electron chi connectivity index (χ2n) is 7.95. The predicted molar refractivity (Wildman–Crippen MR) is 125 cm³/mol. The molecular formula is C23H28BrN3O4. The summed E-state index contributed by atoms with van der Waals surface area (Å²) in [6, 6.07) is 14.8. The zero-order valence-electron chi connectivity index (χ0n) is 18.0. The third-order valence-electron chi connectivity index (χ3n) is 4.03. The number of hydrogen-bond donors (Lipinski definition) is 3. The molecule has 0 aromatic heterocycles. The van der Waals surface area contributed by atoms with E-state index in [-0.39, 0.29) is 24.8 Å². The molecule has 0 spiro atoms. The van der Waals surface area contributed by atoms with Crippen LogP contribution < -0.4 is 16.0 Å². The van der Waals surface area contributed by atoms with E-state index >= 15 is 0 Å². The Balaban J connectivity index is 1.83. The van der Waals surface area contributed by atoms with Gasteiger partial charge in [-0.25, -0.2) is 4.79 Å². The first-order valence-electron chi connectivity index (χ1n) is 10.0. The van der Waals surface area contributed by atoms with Gasteiger partial charge in [0.15, 0.2) is 0 Å². The van der Waals surface area contributed by atoms with Crippen molar-refractivity contribution >= 4 is 45.2 Å². The maximum absolute atomic E-state index is 12.4. The van der Waals surface area contributed by atoms with E-state index in [2.05, 4.69) is 31.9 Å². The first-order valence-corrected chi connectivity index (χ1v) is 10.8. The molecule has 8 heteroatoms. The zero-order chi connectivity index (χ0) is 22.9. The van der Waals surface area contributed by atoms with Crippen LogP contribution in [0.1, 0.15) is 39.2 Å². The van der Waals surface area contributed by atoms with Crippen LogP contribution in [0.3, 0.4) is 0 Å². The van der Waals surface area contributed by atoms with Crippen LogP contribution in [-0.4, -0.2) is 30.1 Å². The molecule has 31 heavy (non-hydrogen) atoms. The lowest BCUT2D eigenvalue weighted by molar-refractivity contribution is -0.117. The Morgan fingerprint density at radius 1 is 0.903 bits per heavy atom. The van der Waals surface area contributed by atoms with Gasteiger partial charge in [-0.15, -0.1) is 0 Å². The Labute approximate surface area is 191 Å². The number of alkyl carbamates (subject to hydrolysis) is 1. The summed E-state index contributed by atoms with van der Waals surface area (Å²) in [6.45, 7) is 5.44. The highest BCUT2D eigenvalue weighted by Crippen LogP contribution is 2.22. The third-order valence-corrected chi connectivity index (χ3v) is 4.52. The minimum atomic E-state index is -0.597. The Morgan fingerprint density at radius 2 is 1.52 bits per heavy atom. The number of carbonyl (C=O) groups is 3. The molecule has 0 aliphatic heterocycles. The lowest BCUT2D eigenvalue weighted by atomic mass is 10.1. The molecule has 0 aliphatic rings. The van der Waals surface area contributed by atoms with Crippen LogP contribution in [0.5, 0.6) is 0 Å². The molecule has 7 nitrogen and oxygen atoms in total. The zero-order valence-corrected chi connectivity index (χ0v) is 19.5. The summed E-state index contributed by atoms with van der Waals surface area (Å²) in [5, 5.41) is 8.16. The van der Waals surface area contributed by atoms with Crippen molar-refractivity contribution in [1.29, 1.82) is 0 Å². The number of anilines is 2. The number of ether oxygens (including phenoxy) is 1. The monoisotopic (exact) mass is 489 g/mol. The minimum absolute atomic E-state index is 0.0738. The van der Waals surface area contributed by atoms with Crippen LogP contribution in [0, 0.1) is 0 Å². The average Bonchev–Trinajstić information content (AvgIpc) is 2.66. The highest BCUT2D eigenvalue weighted by molar-refractivity contribution is 9.10. The quantitative estimate of drug-likeness (QED) is 0.492. The minimum Gasteiger partial charge on any atom is -0.444 e. The van der Waals surface area contributed by atoms with E-state index in [1.165, 1.54) is 0 Å². The molecule has 0 unspecified atom stereocenters. The third kappa shape index (κ3) is 9.65. The molecule has 0 saturated carbocycles. The fourth-order valence-corrected chi connectivity index (χ4v) is 3.12. The first kappa shape index (κ1) is 24.4. The van der Waals surface area contributed by atoms with Gasteiger partial charge in [-0.05, 0) is 57.0 Å². The molecule has 0 bridgehead atoms. The lowest BCUT2D eigenvalue weighted by Crippen LogP contribution is -2.34. The second-order valence-corrected chi connectivity index (χ2v) is 8.87. The molecule has 2 aromatic rings. The standard InChI is InChI=1S/C23H28BrN3O4/c1-23(2,3)31-22(30)25-14-13-21(29)27-19-10-5-4-9-18(19)26-20(28)12-11-16-7-6-8-17(24)15-16/h4-10,15H,11-14H2,1-3H3,(H,25,30)(H,26,28)(H,27,29). The Morgan fingerprint density at radius 3 is 2.10 bits per heavy atom. The van der Waals surface area contributed by atoms with Crippen LogP contribution in [-0.2, 0) is 20.7 Å². The van der Waals surface area contributed by atoms with E-state index in [0.717, 1.165) is 10.0 Å². The van der Waals surface area contributed by atoms with Crippen molar-refractivity contribution < 1.29 is 19.1 Å². The molecule has 0 aliphatic carbocycles. The molecule has 3 N–H and O–H groups in total. The molecule has 2 aromatic carbocycles. The smallest absolute Gasteiger partial charge is 0.407 e. The molecule has 3 amide bonds. The summed E-state index contributed by atoms with van der Waals surface area (Å²) in [5.41, 5.74) is 1.49. The molecule has 166 valence electrons. The van der Waals surface area contributed by atoms with Crippen LogP contribution in [0.25, 0.3) is 0 Å². The van der Waals surface area contributed by atoms with Gasteiger partial charge in [0.1, 0.15) is 5.60 Å². The summed E-state index contributed by atoms with van der Waals surface area (Å²) in [5.74, 6) is -0.430. The van der Waals surface area contributed by atoms with Gasteiger partial charge in [-0.2, -0.15) is 0 Å². The van der Waals surface area contributed by atoms with Crippen molar-refractivity contribution in [2.24, 2.45) is 0 Å². The number of hydrogen-bond acceptors (Lipinski definition) is 4. The normalized spacial score (nSPS) is 10.8. The van der Waals surface area contributed by atoms with E-state index < -0.39 is 11.7 Å². The molecule has 0 fully saturated rings. The van der Waals surface area contributed by atoms with Crippen molar-refractivity contribution in [3.63, 3.8) is 0 Å². The number of amides is 3. The van der Waals surface area contributed by atoms with E-state index in [4.69, 9.17) is 4.74 Å². The Bertz CT molecular complexity index is 925. The molecule has 0 atom stereocenters. The summed E-state index contributed by atoms with van der Waals surface area (Å²) in [7, 11) is 0. The van der Waals surface area contributed by atoms with Crippen LogP contribution in [0.2, 0.25) is 0 Å². The average molecular weight is 490 g/mol. The van der Waals surface area contributed by atoms with Gasteiger partial charge in [0, 0.05) is 23.9 Å². The Kier molecular flexibility index (Phi) is 9.05. The maximum Gasteiger partial charge on any atom is 0.407 e. The van der Waals surface area contributed by atoms with Crippen LogP contribution >= 0.6 is 15.9 Å². The number of nitrogens with one attached hydrogen (secondary N) is 3. The maximum atomic E-state index is 12.4. The van der Waals surface area contributed by atoms with Crippen LogP contribution in [0.4, 0.5) is 16.2 Å². The van der Waals surface area contributed by atoms with Gasteiger partial charge < -0.3 is 20.7 Å². The van der Waals surface area contributed by atoms with Crippen molar-refractivity contribution in [2.45, 2.75) is 45.6 Å². The molecule has 0 heterocycles. The van der Waals surface area contributed by atoms with Gasteiger partial charge in [0.2, 0.25) is 11.8 Å². The van der Waals surface area contributed by atoms with Crippen molar-refractivity contribution in [2.75, 3.05) is 17.2 Å². The largest absolute Gasteiger partial charge is 0.444 e. The summed E-state index contributed by atoms with van der Waals surface area (Å²) in [4.78, 5) is 36.3. The molecular weight excluding hydrogens is 462 g/mol. The van der Waals surface area contributed by atoms with Gasteiger partial charge in [0.25, 0.3) is 0 Å². The van der Waals surface area contributed by atoms with E-state index in [1.807, 2.05) is 24.3 Å². The van der Waals surface area contributed by atoms with Crippen molar-refractivity contribution in [3.8, 4) is 0 Å². The molecule has 0 radical (unpaired) electrons. The Hall–Kier alpha value is -2.87. The summed E-state index contributed by atoms with van der Waals surface area (Å²) in [6.07, 6.45) is 0.428. The number of para-hydroxylation sites is 2. The highest BCUT2D eigenvalue weighted by atomic mass is 79.9. The SMILES string of the molecule is CC(C)(C)OC(=O)NCCC(=O)Nc1ccccc1NC(=O)CCc1cccc(Br)c1. The molecule has 2 rings (SSSR count). The predicted octanol–water partition coefficient (Wildman–Crippen LogP) is 4.87. The number of benzene rings is 2. The highest BCUT2D eigenvalue weighted by Gasteiger charge is 2.16. The summed E-state index contributed by atoms with van der Waals surface area (Å²) < 4.78 is 6.10. The van der Waals surface area contributed by atoms with E-state index in [0.29, 0.717) is 24.2 Å². The van der Waals surface area contributed by atoms with Gasteiger partial charge in [-0.1, -0.05) is 40.2 Å². The van der Waals surface area contributed by atoms with Gasteiger partial charge in [0.05, 0.1) is 11.4 Å². The van der Waals surface area contributed by atoms with Crippen molar-refractivity contribution in [3.05, 3.63) is 58.6 Å². The number of carbonyl (C=O) groups excluding carboxylic acids is 3. The number of halogens is 1. The van der Waals surface area contributed by atoms with E-state index in [1.54, 1.807) is 45.0 Å². The molecule has 0 saturated heterocycles.